The van der Waals surface area contributed by atoms with E-state index < -0.39 is 15.3 Å². The molecule has 2 aromatic heterocycles. The van der Waals surface area contributed by atoms with Gasteiger partial charge >= 0.3 is 0 Å². The molecule has 0 aliphatic carbocycles. The van der Waals surface area contributed by atoms with E-state index in [9.17, 15) is 12.8 Å². The number of sulfone groups is 1. The molecule has 9 heteroatoms. The van der Waals surface area contributed by atoms with E-state index in [0.717, 1.165) is 46.7 Å². The molecule has 1 spiro atoms. The van der Waals surface area contributed by atoms with Crippen LogP contribution < -0.4 is 9.80 Å². The summed E-state index contributed by atoms with van der Waals surface area (Å²) in [5.74, 6) is -0.0984. The van der Waals surface area contributed by atoms with Gasteiger partial charge in [0.05, 0.1) is 47.3 Å². The van der Waals surface area contributed by atoms with Gasteiger partial charge in [0.2, 0.25) is 0 Å². The highest BCUT2D eigenvalue weighted by atomic mass is 32.2. The van der Waals surface area contributed by atoms with E-state index in [-0.39, 0.29) is 17.3 Å². The maximum Gasteiger partial charge on any atom is 0.152 e. The van der Waals surface area contributed by atoms with Crippen LogP contribution in [-0.4, -0.2) is 62.7 Å². The van der Waals surface area contributed by atoms with Crippen LogP contribution in [0.15, 0.2) is 60.8 Å². The Hall–Kier alpha value is -3.56. The van der Waals surface area contributed by atoms with Crippen LogP contribution in [0, 0.1) is 12.7 Å². The molecule has 0 bridgehead atoms. The Labute approximate surface area is 220 Å². The fourth-order valence-electron chi connectivity index (χ4n) is 6.35. The Morgan fingerprint density at radius 1 is 1.03 bits per heavy atom. The van der Waals surface area contributed by atoms with E-state index in [1.807, 2.05) is 25.1 Å². The summed E-state index contributed by atoms with van der Waals surface area (Å²) in [6.07, 6.45) is 1.72. The fraction of sp³-hybridized carbons (Fsp3) is 0.310. The topological polar surface area (TPSA) is 75.6 Å². The first-order chi connectivity index (χ1) is 18.3. The molecule has 7 nitrogen and oxygen atoms in total. The number of ether oxygens (including phenoxy) is 1. The standard InChI is InChI=1S/C29H27FN4O3S/c1-19-27(24-4-2-3-9-31-24)32-25-14-20(30)5-7-22(25)28(19)34-16-29(17-38(35,36)18-29)23-8-6-21(15-26(23)34)33-10-12-37-13-11-33/h2-9,14-15H,10-13,16-18H2,1H3. The zero-order valence-corrected chi connectivity index (χ0v) is 21.8. The van der Waals surface area contributed by atoms with E-state index in [2.05, 4.69) is 33.0 Å². The van der Waals surface area contributed by atoms with E-state index in [0.29, 0.717) is 36.7 Å². The van der Waals surface area contributed by atoms with Gasteiger partial charge in [0, 0.05) is 59.6 Å². The van der Waals surface area contributed by atoms with Crippen molar-refractivity contribution in [1.29, 1.82) is 0 Å². The van der Waals surface area contributed by atoms with Gasteiger partial charge in [-0.05, 0) is 48.9 Å². The van der Waals surface area contributed by atoms with Crippen molar-refractivity contribution in [3.8, 4) is 11.4 Å². The van der Waals surface area contributed by atoms with Crippen LogP contribution in [0.4, 0.5) is 21.5 Å². The first kappa shape index (κ1) is 23.5. The fourth-order valence-corrected chi connectivity index (χ4v) is 8.44. The van der Waals surface area contributed by atoms with Crippen molar-refractivity contribution in [3.05, 3.63) is 77.7 Å². The van der Waals surface area contributed by atoms with Gasteiger partial charge in [-0.1, -0.05) is 12.1 Å². The van der Waals surface area contributed by atoms with Gasteiger partial charge in [-0.25, -0.2) is 17.8 Å². The number of halogens is 1. The number of anilines is 3. The van der Waals surface area contributed by atoms with Gasteiger partial charge in [0.1, 0.15) is 5.82 Å². The summed E-state index contributed by atoms with van der Waals surface area (Å²) < 4.78 is 44.9. The molecule has 4 aromatic rings. The summed E-state index contributed by atoms with van der Waals surface area (Å²) in [6, 6.07) is 16.7. The van der Waals surface area contributed by atoms with Crippen LogP contribution in [0.1, 0.15) is 11.1 Å². The van der Waals surface area contributed by atoms with Gasteiger partial charge < -0.3 is 14.5 Å². The number of hydrogen-bond donors (Lipinski definition) is 0. The Morgan fingerprint density at radius 3 is 2.58 bits per heavy atom. The van der Waals surface area contributed by atoms with Crippen LogP contribution in [0.3, 0.4) is 0 Å². The Balaban J connectivity index is 1.46. The largest absolute Gasteiger partial charge is 0.378 e. The SMILES string of the molecule is Cc1c(-c2ccccn2)nc2cc(F)ccc2c1N1CC2(CS(=O)(=O)C2)c2ccc(N3CCOCC3)cc21. The normalized spacial score (nSPS) is 19.5. The number of aromatic nitrogens is 2. The summed E-state index contributed by atoms with van der Waals surface area (Å²) in [7, 11) is -3.09. The smallest absolute Gasteiger partial charge is 0.152 e. The third-order valence-electron chi connectivity index (χ3n) is 8.01. The van der Waals surface area contributed by atoms with E-state index in [4.69, 9.17) is 9.72 Å². The molecular weight excluding hydrogens is 503 g/mol. The lowest BCUT2D eigenvalue weighted by atomic mass is 9.85. The second-order valence-electron chi connectivity index (χ2n) is 10.5. The van der Waals surface area contributed by atoms with Crippen molar-refractivity contribution >= 4 is 37.8 Å². The highest BCUT2D eigenvalue weighted by Gasteiger charge is 2.56. The Morgan fingerprint density at radius 2 is 1.84 bits per heavy atom. The minimum Gasteiger partial charge on any atom is -0.378 e. The number of pyridine rings is 2. The van der Waals surface area contributed by atoms with E-state index in [1.165, 1.54) is 12.1 Å². The summed E-state index contributed by atoms with van der Waals surface area (Å²) in [5.41, 5.74) is 6.44. The number of nitrogens with zero attached hydrogens (tertiary/aromatic N) is 4. The van der Waals surface area contributed by atoms with Crippen LogP contribution in [0.2, 0.25) is 0 Å². The van der Waals surface area contributed by atoms with Crippen LogP contribution >= 0.6 is 0 Å². The number of morpholine rings is 1. The van der Waals surface area contributed by atoms with Crippen molar-refractivity contribution in [2.75, 3.05) is 54.2 Å². The molecule has 0 N–H and O–H groups in total. The van der Waals surface area contributed by atoms with Crippen molar-refractivity contribution in [1.82, 2.24) is 9.97 Å². The first-order valence-electron chi connectivity index (χ1n) is 12.8. The average Bonchev–Trinajstić information content (AvgIpc) is 3.22. The van der Waals surface area contributed by atoms with Gasteiger partial charge in [0.15, 0.2) is 9.84 Å². The highest BCUT2D eigenvalue weighted by Crippen LogP contribution is 2.53. The predicted octanol–water partition coefficient (Wildman–Crippen LogP) is 4.40. The van der Waals surface area contributed by atoms with Crippen LogP contribution in [-0.2, 0) is 20.0 Å². The van der Waals surface area contributed by atoms with Gasteiger partial charge in [-0.3, -0.25) is 4.98 Å². The molecule has 194 valence electrons. The van der Waals surface area contributed by atoms with Gasteiger partial charge in [-0.15, -0.1) is 0 Å². The molecule has 0 amide bonds. The minimum absolute atomic E-state index is 0.129. The average molecular weight is 531 g/mol. The van der Waals surface area contributed by atoms with Gasteiger partial charge in [0.25, 0.3) is 0 Å². The molecule has 3 aliphatic rings. The molecule has 5 heterocycles. The second kappa shape index (κ2) is 8.47. The molecule has 2 aromatic carbocycles. The third-order valence-corrected chi connectivity index (χ3v) is 9.99. The zero-order valence-electron chi connectivity index (χ0n) is 21.0. The van der Waals surface area contributed by atoms with Crippen molar-refractivity contribution in [3.63, 3.8) is 0 Å². The summed E-state index contributed by atoms with van der Waals surface area (Å²) in [5, 5.41) is 0.825. The van der Waals surface area contributed by atoms with Crippen molar-refractivity contribution < 1.29 is 17.5 Å². The monoisotopic (exact) mass is 530 g/mol. The molecule has 2 fully saturated rings. The molecule has 0 saturated carbocycles. The first-order valence-corrected chi connectivity index (χ1v) is 14.6. The lowest BCUT2D eigenvalue weighted by molar-refractivity contribution is 0.122. The van der Waals surface area contributed by atoms with E-state index >= 15 is 0 Å². The molecular formula is C29H27FN4O3S. The second-order valence-corrected chi connectivity index (χ2v) is 12.6. The predicted molar refractivity (Wildman–Crippen MR) is 146 cm³/mol. The molecule has 38 heavy (non-hydrogen) atoms. The quantitative estimate of drug-likeness (QED) is 0.389. The summed E-state index contributed by atoms with van der Waals surface area (Å²) >= 11 is 0. The molecule has 7 rings (SSSR count). The molecule has 0 atom stereocenters. The van der Waals surface area contributed by atoms with Gasteiger partial charge in [-0.2, -0.15) is 0 Å². The summed E-state index contributed by atoms with van der Waals surface area (Å²) in [6.45, 7) is 5.51. The molecule has 0 radical (unpaired) electrons. The maximum absolute atomic E-state index is 14.4. The van der Waals surface area contributed by atoms with E-state index in [1.54, 1.807) is 12.3 Å². The lowest BCUT2D eigenvalue weighted by Gasteiger charge is -2.38. The Bertz CT molecular complexity index is 1680. The highest BCUT2D eigenvalue weighted by molar-refractivity contribution is 7.93. The number of hydrogen-bond acceptors (Lipinski definition) is 7. The molecule has 0 unspecified atom stereocenters. The van der Waals surface area contributed by atoms with Crippen LogP contribution in [0.25, 0.3) is 22.3 Å². The van der Waals surface area contributed by atoms with Crippen molar-refractivity contribution in [2.24, 2.45) is 0 Å². The van der Waals surface area contributed by atoms with Crippen LogP contribution in [0.5, 0.6) is 0 Å². The zero-order chi connectivity index (χ0) is 26.1. The maximum atomic E-state index is 14.4. The minimum atomic E-state index is -3.09. The molecule has 3 aliphatic heterocycles. The van der Waals surface area contributed by atoms with Crippen molar-refractivity contribution in [2.45, 2.75) is 12.3 Å². The third kappa shape index (κ3) is 3.67. The summed E-state index contributed by atoms with van der Waals surface area (Å²) in [4.78, 5) is 13.9. The molecule has 2 saturated heterocycles. The number of rotatable bonds is 3. The Kier molecular flexibility index (Phi) is 5.25. The lowest BCUT2D eigenvalue weighted by Crippen LogP contribution is -2.54. The number of benzene rings is 2. The number of fused-ring (bicyclic) bond motifs is 3.